The third-order valence-electron chi connectivity index (χ3n) is 2.74. The van der Waals surface area contributed by atoms with Gasteiger partial charge in [0, 0.05) is 17.1 Å². The molecule has 2 aromatic rings. The predicted molar refractivity (Wildman–Crippen MR) is 73.0 cm³/mol. The van der Waals surface area contributed by atoms with Crippen molar-refractivity contribution in [1.82, 2.24) is 9.71 Å². The van der Waals surface area contributed by atoms with Gasteiger partial charge in [0.1, 0.15) is 0 Å². The quantitative estimate of drug-likeness (QED) is 0.740. The van der Waals surface area contributed by atoms with Crippen LogP contribution in [0.2, 0.25) is 0 Å². The number of rotatable bonds is 4. The minimum absolute atomic E-state index is 0.269. The summed E-state index contributed by atoms with van der Waals surface area (Å²) in [4.78, 5) is 14.7. The SMILES string of the molecule is CS(=O)(=O)NC(=O)C(N)Cc1c[nH]c2ccccc12. The number of para-hydroxylation sites is 1. The fraction of sp³-hybridized carbons (Fsp3) is 0.250. The van der Waals surface area contributed by atoms with Crippen molar-refractivity contribution in [2.75, 3.05) is 6.26 Å². The summed E-state index contributed by atoms with van der Waals surface area (Å²) in [5.74, 6) is -0.701. The molecule has 1 atom stereocenters. The highest BCUT2D eigenvalue weighted by atomic mass is 32.2. The fourth-order valence-corrected chi connectivity index (χ4v) is 2.41. The summed E-state index contributed by atoms with van der Waals surface area (Å²) in [6.07, 6.45) is 2.97. The molecule has 2 rings (SSSR count). The van der Waals surface area contributed by atoms with Crippen LogP contribution in [0.25, 0.3) is 10.9 Å². The molecule has 0 saturated heterocycles. The lowest BCUT2D eigenvalue weighted by molar-refractivity contribution is -0.120. The van der Waals surface area contributed by atoms with E-state index in [0.29, 0.717) is 0 Å². The highest BCUT2D eigenvalue weighted by Gasteiger charge is 2.18. The minimum atomic E-state index is -3.58. The first-order valence-corrected chi connectivity index (χ1v) is 7.58. The number of benzene rings is 1. The van der Waals surface area contributed by atoms with Gasteiger partial charge in [0.05, 0.1) is 12.3 Å². The molecule has 1 aromatic heterocycles. The van der Waals surface area contributed by atoms with Gasteiger partial charge in [-0.25, -0.2) is 8.42 Å². The van der Waals surface area contributed by atoms with Crippen LogP contribution in [0.15, 0.2) is 30.5 Å². The van der Waals surface area contributed by atoms with Crippen molar-refractivity contribution >= 4 is 26.8 Å². The van der Waals surface area contributed by atoms with Crippen LogP contribution in [0.1, 0.15) is 5.56 Å². The number of sulfonamides is 1. The van der Waals surface area contributed by atoms with Crippen LogP contribution in [0.4, 0.5) is 0 Å². The number of carbonyl (C=O) groups is 1. The Balaban J connectivity index is 2.15. The van der Waals surface area contributed by atoms with Gasteiger partial charge in [-0.1, -0.05) is 18.2 Å². The third kappa shape index (κ3) is 3.33. The fourth-order valence-electron chi connectivity index (χ4n) is 1.89. The molecule has 4 N–H and O–H groups in total. The molecule has 6 nitrogen and oxygen atoms in total. The monoisotopic (exact) mass is 281 g/mol. The van der Waals surface area contributed by atoms with E-state index in [1.165, 1.54) is 0 Å². The van der Waals surface area contributed by atoms with E-state index in [0.717, 1.165) is 22.7 Å². The summed E-state index contributed by atoms with van der Waals surface area (Å²) in [6, 6.07) is 6.72. The Kier molecular flexibility index (Phi) is 3.59. The molecule has 0 aliphatic rings. The van der Waals surface area contributed by atoms with Crippen LogP contribution in [-0.4, -0.2) is 31.6 Å². The summed E-state index contributed by atoms with van der Waals surface area (Å²) in [5.41, 5.74) is 7.55. The van der Waals surface area contributed by atoms with Crippen molar-refractivity contribution in [3.8, 4) is 0 Å². The molecule has 0 bridgehead atoms. The maximum absolute atomic E-state index is 11.6. The van der Waals surface area contributed by atoms with Gasteiger partial charge in [-0.3, -0.25) is 9.52 Å². The Labute approximate surface area is 111 Å². The molecule has 1 aromatic carbocycles. The van der Waals surface area contributed by atoms with E-state index < -0.39 is 22.0 Å². The number of fused-ring (bicyclic) bond motifs is 1. The molecular formula is C12H15N3O3S. The molecule has 0 spiro atoms. The molecule has 0 saturated carbocycles. The van der Waals surface area contributed by atoms with Crippen LogP contribution in [0, 0.1) is 0 Å². The minimum Gasteiger partial charge on any atom is -0.361 e. The summed E-state index contributed by atoms with van der Waals surface area (Å²) in [7, 11) is -3.58. The second-order valence-corrected chi connectivity index (χ2v) is 6.16. The van der Waals surface area contributed by atoms with Gasteiger partial charge in [0.2, 0.25) is 10.0 Å². The lowest BCUT2D eigenvalue weighted by Crippen LogP contribution is -2.44. The summed E-state index contributed by atoms with van der Waals surface area (Å²) < 4.78 is 23.8. The van der Waals surface area contributed by atoms with Crippen LogP contribution < -0.4 is 10.5 Å². The first-order valence-electron chi connectivity index (χ1n) is 5.69. The second kappa shape index (κ2) is 5.02. The first-order chi connectivity index (χ1) is 8.87. The lowest BCUT2D eigenvalue weighted by Gasteiger charge is -2.10. The molecular weight excluding hydrogens is 266 g/mol. The molecule has 0 aliphatic carbocycles. The van der Waals surface area contributed by atoms with Crippen molar-refractivity contribution in [3.63, 3.8) is 0 Å². The number of nitrogens with two attached hydrogens (primary N) is 1. The highest BCUT2D eigenvalue weighted by Crippen LogP contribution is 2.18. The van der Waals surface area contributed by atoms with Crippen molar-refractivity contribution in [1.29, 1.82) is 0 Å². The molecule has 19 heavy (non-hydrogen) atoms. The summed E-state index contributed by atoms with van der Waals surface area (Å²) in [6.45, 7) is 0. The van der Waals surface area contributed by atoms with E-state index in [4.69, 9.17) is 5.73 Å². The van der Waals surface area contributed by atoms with Gasteiger partial charge < -0.3 is 10.7 Å². The van der Waals surface area contributed by atoms with E-state index in [2.05, 4.69) is 4.98 Å². The largest absolute Gasteiger partial charge is 0.361 e. The highest BCUT2D eigenvalue weighted by molar-refractivity contribution is 7.89. The number of aromatic nitrogens is 1. The molecule has 1 unspecified atom stereocenters. The van der Waals surface area contributed by atoms with Crippen molar-refractivity contribution < 1.29 is 13.2 Å². The Bertz CT molecular complexity index is 706. The third-order valence-corrected chi connectivity index (χ3v) is 3.31. The van der Waals surface area contributed by atoms with Crippen molar-refractivity contribution in [2.24, 2.45) is 5.73 Å². The number of nitrogens with one attached hydrogen (secondary N) is 2. The summed E-state index contributed by atoms with van der Waals surface area (Å²) in [5, 5.41) is 0.977. The zero-order chi connectivity index (χ0) is 14.0. The number of hydrogen-bond donors (Lipinski definition) is 3. The van der Waals surface area contributed by atoms with Crippen molar-refractivity contribution in [3.05, 3.63) is 36.0 Å². The van der Waals surface area contributed by atoms with Crippen LogP contribution in [0.3, 0.4) is 0 Å². The molecule has 7 heteroatoms. The average Bonchev–Trinajstić information content (AvgIpc) is 2.70. The lowest BCUT2D eigenvalue weighted by atomic mass is 10.1. The van der Waals surface area contributed by atoms with E-state index in [1.54, 1.807) is 6.20 Å². The van der Waals surface area contributed by atoms with Gasteiger partial charge in [-0.2, -0.15) is 0 Å². The molecule has 1 amide bonds. The van der Waals surface area contributed by atoms with E-state index in [1.807, 2.05) is 29.0 Å². The maximum atomic E-state index is 11.6. The molecule has 0 radical (unpaired) electrons. The van der Waals surface area contributed by atoms with E-state index >= 15 is 0 Å². The molecule has 0 fully saturated rings. The molecule has 1 heterocycles. The normalized spacial score (nSPS) is 13.4. The smallest absolute Gasteiger partial charge is 0.250 e. The Morgan fingerprint density at radius 1 is 1.42 bits per heavy atom. The van der Waals surface area contributed by atoms with Gasteiger partial charge in [-0.05, 0) is 18.1 Å². The van der Waals surface area contributed by atoms with Gasteiger partial charge in [0.25, 0.3) is 5.91 Å². The van der Waals surface area contributed by atoms with Crippen LogP contribution in [0.5, 0.6) is 0 Å². The van der Waals surface area contributed by atoms with E-state index in [9.17, 15) is 13.2 Å². The average molecular weight is 281 g/mol. The topological polar surface area (TPSA) is 105 Å². The number of H-pyrrole nitrogens is 1. The van der Waals surface area contributed by atoms with Gasteiger partial charge >= 0.3 is 0 Å². The zero-order valence-electron chi connectivity index (χ0n) is 10.4. The Hall–Kier alpha value is -1.86. The molecule has 102 valence electrons. The number of hydrogen-bond acceptors (Lipinski definition) is 4. The predicted octanol–water partition coefficient (Wildman–Crippen LogP) is 0.114. The number of amides is 1. The number of carbonyl (C=O) groups excluding carboxylic acids is 1. The summed E-state index contributed by atoms with van der Waals surface area (Å²) >= 11 is 0. The van der Waals surface area contributed by atoms with Gasteiger partial charge in [0.15, 0.2) is 0 Å². The van der Waals surface area contributed by atoms with Crippen LogP contribution in [-0.2, 0) is 21.2 Å². The van der Waals surface area contributed by atoms with E-state index in [-0.39, 0.29) is 6.42 Å². The first kappa shape index (κ1) is 13.6. The van der Waals surface area contributed by atoms with Crippen LogP contribution >= 0.6 is 0 Å². The van der Waals surface area contributed by atoms with Crippen molar-refractivity contribution in [2.45, 2.75) is 12.5 Å². The Morgan fingerprint density at radius 2 is 2.11 bits per heavy atom. The maximum Gasteiger partial charge on any atom is 0.250 e. The number of aromatic amines is 1. The standard InChI is InChI=1S/C12H15N3O3S/c1-19(17,18)15-12(16)10(13)6-8-7-14-11-5-3-2-4-9(8)11/h2-5,7,10,14H,6,13H2,1H3,(H,15,16). The zero-order valence-corrected chi connectivity index (χ0v) is 11.2. The van der Waals surface area contributed by atoms with Gasteiger partial charge in [-0.15, -0.1) is 0 Å². The Morgan fingerprint density at radius 3 is 2.79 bits per heavy atom. The molecule has 0 aliphatic heterocycles. The second-order valence-electron chi connectivity index (χ2n) is 4.41.